The maximum atomic E-state index is 12.8. The van der Waals surface area contributed by atoms with Gasteiger partial charge in [0.1, 0.15) is 11.6 Å². The molecule has 3 N–H and O–H groups in total. The Kier molecular flexibility index (Phi) is 5.32. The molecule has 0 heterocycles. The van der Waals surface area contributed by atoms with E-state index < -0.39 is 12.1 Å². The Hall–Kier alpha value is -2.60. The molecule has 0 aromatic heterocycles. The fraction of sp³-hybridized carbons (Fsp3) is 0.188. The summed E-state index contributed by atoms with van der Waals surface area (Å²) in [5.41, 5.74) is 1.05. The summed E-state index contributed by atoms with van der Waals surface area (Å²) in [6.45, 7) is 0.00656. The second-order valence-electron chi connectivity index (χ2n) is 4.60. The van der Waals surface area contributed by atoms with Crippen LogP contribution in [-0.2, 0) is 0 Å². The standard InChI is InChI=1S/C16H17FN2O3/c1-22-15-5-3-2-4-13(15)19-16(21)18-10-14(20)11-6-8-12(17)9-7-11/h2-9,14,20H,10H2,1H3,(H2,18,19,21)/t14-/m1/s1. The number of aliphatic hydroxyl groups excluding tert-OH is 1. The first-order valence-electron chi connectivity index (χ1n) is 6.71. The van der Waals surface area contributed by atoms with Crippen molar-refractivity contribution in [3.8, 4) is 5.75 Å². The summed E-state index contributed by atoms with van der Waals surface area (Å²) < 4.78 is 17.9. The molecule has 0 fully saturated rings. The normalized spacial score (nSPS) is 11.6. The minimum atomic E-state index is -0.913. The second kappa shape index (κ2) is 7.42. The first kappa shape index (κ1) is 15.8. The molecule has 116 valence electrons. The van der Waals surface area contributed by atoms with Crippen LogP contribution < -0.4 is 15.4 Å². The molecule has 0 aliphatic heterocycles. The van der Waals surface area contributed by atoms with E-state index in [1.165, 1.54) is 31.4 Å². The molecule has 0 saturated heterocycles. The van der Waals surface area contributed by atoms with Crippen molar-refractivity contribution in [1.82, 2.24) is 5.32 Å². The van der Waals surface area contributed by atoms with Gasteiger partial charge in [-0.15, -0.1) is 0 Å². The van der Waals surface area contributed by atoms with Crippen molar-refractivity contribution in [1.29, 1.82) is 0 Å². The molecule has 0 radical (unpaired) electrons. The minimum Gasteiger partial charge on any atom is -0.495 e. The highest BCUT2D eigenvalue weighted by molar-refractivity contribution is 5.90. The third-order valence-electron chi connectivity index (χ3n) is 3.07. The summed E-state index contributed by atoms with van der Waals surface area (Å²) in [6, 6.07) is 12.0. The first-order valence-corrected chi connectivity index (χ1v) is 6.71. The third kappa shape index (κ3) is 4.20. The Labute approximate surface area is 127 Å². The lowest BCUT2D eigenvalue weighted by molar-refractivity contribution is 0.175. The van der Waals surface area contributed by atoms with Crippen LogP contribution in [0.5, 0.6) is 5.75 Å². The van der Waals surface area contributed by atoms with Gasteiger partial charge >= 0.3 is 6.03 Å². The molecule has 0 aliphatic rings. The largest absolute Gasteiger partial charge is 0.495 e. The van der Waals surface area contributed by atoms with Gasteiger partial charge in [0.15, 0.2) is 0 Å². The zero-order valence-electron chi connectivity index (χ0n) is 12.0. The van der Waals surface area contributed by atoms with E-state index >= 15 is 0 Å². The summed E-state index contributed by atoms with van der Waals surface area (Å²) in [4.78, 5) is 11.8. The Balaban J connectivity index is 1.88. The first-order chi connectivity index (χ1) is 10.6. The smallest absolute Gasteiger partial charge is 0.319 e. The number of carbonyl (C=O) groups excluding carboxylic acids is 1. The number of anilines is 1. The number of rotatable bonds is 5. The Bertz CT molecular complexity index is 632. The predicted octanol–water partition coefficient (Wildman–Crippen LogP) is 2.69. The van der Waals surface area contributed by atoms with Crippen molar-refractivity contribution in [2.75, 3.05) is 19.0 Å². The number of amides is 2. The zero-order valence-corrected chi connectivity index (χ0v) is 12.0. The van der Waals surface area contributed by atoms with Crippen LogP contribution in [0, 0.1) is 5.82 Å². The van der Waals surface area contributed by atoms with Crippen molar-refractivity contribution in [3.05, 3.63) is 59.9 Å². The van der Waals surface area contributed by atoms with Gasteiger partial charge in [0.05, 0.1) is 18.9 Å². The van der Waals surface area contributed by atoms with E-state index in [0.717, 1.165) is 0 Å². The summed E-state index contributed by atoms with van der Waals surface area (Å²) >= 11 is 0. The van der Waals surface area contributed by atoms with E-state index in [1.807, 2.05) is 0 Å². The lowest BCUT2D eigenvalue weighted by atomic mass is 10.1. The molecule has 2 aromatic rings. The highest BCUT2D eigenvalue weighted by Crippen LogP contribution is 2.22. The molecule has 2 aromatic carbocycles. The zero-order chi connectivity index (χ0) is 15.9. The molecular weight excluding hydrogens is 287 g/mol. The highest BCUT2D eigenvalue weighted by atomic mass is 19.1. The van der Waals surface area contributed by atoms with Crippen molar-refractivity contribution in [3.63, 3.8) is 0 Å². The lowest BCUT2D eigenvalue weighted by Gasteiger charge is -2.14. The molecule has 22 heavy (non-hydrogen) atoms. The van der Waals surface area contributed by atoms with Gasteiger partial charge in [-0.2, -0.15) is 0 Å². The summed E-state index contributed by atoms with van der Waals surface area (Å²) in [7, 11) is 1.51. The predicted molar refractivity (Wildman–Crippen MR) is 81.4 cm³/mol. The molecule has 0 aliphatic carbocycles. The molecule has 0 unspecified atom stereocenters. The molecule has 1 atom stereocenters. The highest BCUT2D eigenvalue weighted by Gasteiger charge is 2.11. The van der Waals surface area contributed by atoms with Crippen molar-refractivity contribution in [2.45, 2.75) is 6.10 Å². The van der Waals surface area contributed by atoms with Gasteiger partial charge in [-0.05, 0) is 29.8 Å². The average molecular weight is 304 g/mol. The molecule has 0 saturated carbocycles. The van der Waals surface area contributed by atoms with Gasteiger partial charge in [0, 0.05) is 6.54 Å². The number of carbonyl (C=O) groups is 1. The quantitative estimate of drug-likeness (QED) is 0.795. The molecule has 2 amide bonds. The number of ether oxygens (including phenoxy) is 1. The molecule has 2 rings (SSSR count). The Morgan fingerprint density at radius 1 is 1.23 bits per heavy atom. The summed E-state index contributed by atoms with van der Waals surface area (Å²) in [5, 5.41) is 15.1. The lowest BCUT2D eigenvalue weighted by Crippen LogP contribution is -2.32. The van der Waals surface area contributed by atoms with Crippen molar-refractivity contribution in [2.24, 2.45) is 0 Å². The van der Waals surface area contributed by atoms with Crippen LogP contribution in [0.4, 0.5) is 14.9 Å². The number of nitrogens with one attached hydrogen (secondary N) is 2. The van der Waals surface area contributed by atoms with Crippen molar-refractivity contribution < 1.29 is 19.0 Å². The van der Waals surface area contributed by atoms with Gasteiger partial charge in [-0.3, -0.25) is 0 Å². The van der Waals surface area contributed by atoms with Gasteiger partial charge in [-0.1, -0.05) is 24.3 Å². The number of methoxy groups -OCH3 is 1. The Morgan fingerprint density at radius 2 is 1.91 bits per heavy atom. The van der Waals surface area contributed by atoms with Gasteiger partial charge in [0.2, 0.25) is 0 Å². The Morgan fingerprint density at radius 3 is 2.59 bits per heavy atom. The minimum absolute atomic E-state index is 0.00656. The summed E-state index contributed by atoms with van der Waals surface area (Å²) in [6.07, 6.45) is -0.913. The van der Waals surface area contributed by atoms with E-state index in [9.17, 15) is 14.3 Å². The number of hydrogen-bond acceptors (Lipinski definition) is 3. The maximum Gasteiger partial charge on any atom is 0.319 e. The van der Waals surface area contributed by atoms with E-state index in [4.69, 9.17) is 4.74 Å². The van der Waals surface area contributed by atoms with Gasteiger partial charge < -0.3 is 20.5 Å². The van der Waals surface area contributed by atoms with Crippen molar-refractivity contribution >= 4 is 11.7 Å². The number of hydrogen-bond donors (Lipinski definition) is 3. The molecule has 5 nitrogen and oxygen atoms in total. The fourth-order valence-electron chi connectivity index (χ4n) is 1.91. The number of urea groups is 1. The topological polar surface area (TPSA) is 70.6 Å². The number of aliphatic hydroxyl groups is 1. The van der Waals surface area contributed by atoms with Crippen LogP contribution >= 0.6 is 0 Å². The van der Waals surface area contributed by atoms with Crippen LogP contribution in [0.15, 0.2) is 48.5 Å². The SMILES string of the molecule is COc1ccccc1NC(=O)NC[C@@H](O)c1ccc(F)cc1. The van der Waals surface area contributed by atoms with E-state index in [2.05, 4.69) is 10.6 Å². The maximum absolute atomic E-state index is 12.8. The summed E-state index contributed by atoms with van der Waals surface area (Å²) in [5.74, 6) is 0.162. The second-order valence-corrected chi connectivity index (χ2v) is 4.60. The monoisotopic (exact) mass is 304 g/mol. The molecule has 0 spiro atoms. The van der Waals surface area contributed by atoms with Gasteiger partial charge in [0.25, 0.3) is 0 Å². The number of halogens is 1. The van der Waals surface area contributed by atoms with Crippen LogP contribution in [0.25, 0.3) is 0 Å². The molecule has 6 heteroatoms. The fourth-order valence-corrected chi connectivity index (χ4v) is 1.91. The third-order valence-corrected chi connectivity index (χ3v) is 3.07. The molecule has 0 bridgehead atoms. The van der Waals surface area contributed by atoms with Crippen LogP contribution in [0.3, 0.4) is 0 Å². The number of benzene rings is 2. The van der Waals surface area contributed by atoms with Crippen LogP contribution in [-0.4, -0.2) is 24.8 Å². The van der Waals surface area contributed by atoms with E-state index in [1.54, 1.807) is 24.3 Å². The van der Waals surface area contributed by atoms with E-state index in [0.29, 0.717) is 17.0 Å². The number of para-hydroxylation sites is 2. The van der Waals surface area contributed by atoms with Crippen LogP contribution in [0.1, 0.15) is 11.7 Å². The molecular formula is C16H17FN2O3. The average Bonchev–Trinajstić information content (AvgIpc) is 2.54. The van der Waals surface area contributed by atoms with Crippen LogP contribution in [0.2, 0.25) is 0 Å². The van der Waals surface area contributed by atoms with Gasteiger partial charge in [-0.25, -0.2) is 9.18 Å². The van der Waals surface area contributed by atoms with E-state index in [-0.39, 0.29) is 12.4 Å².